The van der Waals surface area contributed by atoms with E-state index in [1.165, 1.54) is 18.4 Å². The van der Waals surface area contributed by atoms with E-state index in [0.717, 1.165) is 5.56 Å². The van der Waals surface area contributed by atoms with E-state index in [-0.39, 0.29) is 11.7 Å². The quantitative estimate of drug-likeness (QED) is 0.659. The Morgan fingerprint density at radius 1 is 1.14 bits per heavy atom. The maximum Gasteiger partial charge on any atom is 0.255 e. The molecular weight excluding hydrogens is 392 g/mol. The number of sulfonamides is 1. The third-order valence-corrected chi connectivity index (χ3v) is 6.87. The zero-order valence-electron chi connectivity index (χ0n) is 17.1. The number of benzene rings is 2. The number of ether oxygens (including phenoxy) is 2. The summed E-state index contributed by atoms with van der Waals surface area (Å²) in [7, 11) is 0.966. The van der Waals surface area contributed by atoms with Crippen molar-refractivity contribution in [2.24, 2.45) is 0 Å². The molecular formula is C21H26N2O5S. The fourth-order valence-electron chi connectivity index (χ4n) is 3.41. The van der Waals surface area contributed by atoms with Crippen LogP contribution in [0.4, 0.5) is 0 Å². The number of methoxy groups -OCH3 is 1. The smallest absolute Gasteiger partial charge is 0.255 e. The zero-order valence-corrected chi connectivity index (χ0v) is 17.9. The lowest BCUT2D eigenvalue weighted by atomic mass is 10.1. The second kappa shape index (κ2) is 8.42. The molecule has 0 spiro atoms. The van der Waals surface area contributed by atoms with Crippen molar-refractivity contribution in [1.82, 2.24) is 9.21 Å². The second-order valence-corrected chi connectivity index (χ2v) is 9.24. The summed E-state index contributed by atoms with van der Waals surface area (Å²) in [6, 6.07) is 12.0. The van der Waals surface area contributed by atoms with Gasteiger partial charge in [0.1, 0.15) is 0 Å². The number of hydrogen-bond acceptors (Lipinski definition) is 5. The Bertz CT molecular complexity index is 1000. The van der Waals surface area contributed by atoms with Gasteiger partial charge in [-0.05, 0) is 36.2 Å². The predicted molar refractivity (Wildman–Crippen MR) is 111 cm³/mol. The summed E-state index contributed by atoms with van der Waals surface area (Å²) < 4.78 is 37.6. The Balaban J connectivity index is 2.05. The molecule has 7 nitrogen and oxygen atoms in total. The first-order valence-corrected chi connectivity index (χ1v) is 11.0. The van der Waals surface area contributed by atoms with Gasteiger partial charge in [0, 0.05) is 26.2 Å². The molecule has 0 bridgehead atoms. The van der Waals surface area contributed by atoms with Crippen LogP contribution in [0.15, 0.2) is 42.5 Å². The van der Waals surface area contributed by atoms with E-state index in [9.17, 15) is 13.2 Å². The van der Waals surface area contributed by atoms with Gasteiger partial charge in [-0.3, -0.25) is 4.79 Å². The van der Waals surface area contributed by atoms with Gasteiger partial charge in [0.15, 0.2) is 11.5 Å². The molecule has 0 aliphatic carbocycles. The summed E-state index contributed by atoms with van der Waals surface area (Å²) in [4.78, 5) is 14.7. The molecule has 2 aromatic rings. The van der Waals surface area contributed by atoms with Crippen LogP contribution in [0.5, 0.6) is 11.5 Å². The van der Waals surface area contributed by atoms with E-state index < -0.39 is 16.1 Å². The minimum Gasteiger partial charge on any atom is -0.493 e. The topological polar surface area (TPSA) is 76.2 Å². The minimum absolute atomic E-state index is 0.173. The van der Waals surface area contributed by atoms with E-state index in [1.54, 1.807) is 36.3 Å². The molecule has 1 aliphatic rings. The van der Waals surface area contributed by atoms with Crippen molar-refractivity contribution in [2.75, 3.05) is 33.6 Å². The molecule has 3 rings (SSSR count). The van der Waals surface area contributed by atoms with Crippen molar-refractivity contribution >= 4 is 15.9 Å². The molecule has 2 aromatic carbocycles. The van der Waals surface area contributed by atoms with E-state index in [0.29, 0.717) is 35.8 Å². The Hall–Kier alpha value is -2.58. The van der Waals surface area contributed by atoms with E-state index in [1.807, 2.05) is 25.1 Å². The molecule has 0 fully saturated rings. The Kier molecular flexibility index (Phi) is 6.14. The maximum absolute atomic E-state index is 13.1. The molecule has 0 N–H and O–H groups in total. The van der Waals surface area contributed by atoms with Crippen molar-refractivity contribution in [3.8, 4) is 11.5 Å². The normalized spacial score (nSPS) is 14.8. The first kappa shape index (κ1) is 21.1. The molecule has 8 heteroatoms. The van der Waals surface area contributed by atoms with E-state index >= 15 is 0 Å². The van der Waals surface area contributed by atoms with Gasteiger partial charge in [-0.15, -0.1) is 0 Å². The number of hydrogen-bond donors (Lipinski definition) is 0. The van der Waals surface area contributed by atoms with Gasteiger partial charge in [0.05, 0.1) is 25.5 Å². The average molecular weight is 419 g/mol. The average Bonchev–Trinajstić information content (AvgIpc) is 3.03. The van der Waals surface area contributed by atoms with Crippen LogP contribution < -0.4 is 9.47 Å². The first-order valence-electron chi connectivity index (χ1n) is 9.38. The van der Waals surface area contributed by atoms with Crippen LogP contribution in [0.25, 0.3) is 0 Å². The predicted octanol–water partition coefficient (Wildman–Crippen LogP) is 2.68. The van der Waals surface area contributed by atoms with Gasteiger partial charge in [-0.1, -0.05) is 24.3 Å². The lowest BCUT2D eigenvalue weighted by Gasteiger charge is -2.29. The van der Waals surface area contributed by atoms with Crippen LogP contribution in [-0.4, -0.2) is 57.1 Å². The largest absolute Gasteiger partial charge is 0.493 e. The molecule has 1 atom stereocenters. The highest BCUT2D eigenvalue weighted by Crippen LogP contribution is 2.36. The van der Waals surface area contributed by atoms with E-state index in [4.69, 9.17) is 9.47 Å². The summed E-state index contributed by atoms with van der Waals surface area (Å²) in [5.41, 5.74) is 2.18. The Labute approximate surface area is 171 Å². The standard InChI is InChI=1S/C21H26N2O5S/c1-5-28-20-12-15(10-11-19(20)27-4)18(14-29(25,26)22(2)3)23-13-16-8-6-7-9-17(16)21(23)24/h6-12,18H,5,13-14H2,1-4H3. The van der Waals surface area contributed by atoms with Gasteiger partial charge in [-0.2, -0.15) is 0 Å². The third-order valence-electron chi connectivity index (χ3n) is 5.02. The van der Waals surface area contributed by atoms with Crippen LogP contribution in [0.1, 0.15) is 34.5 Å². The molecule has 29 heavy (non-hydrogen) atoms. The number of rotatable bonds is 8. The monoisotopic (exact) mass is 418 g/mol. The van der Waals surface area contributed by atoms with Crippen molar-refractivity contribution in [3.05, 3.63) is 59.2 Å². The molecule has 156 valence electrons. The molecule has 0 aromatic heterocycles. The van der Waals surface area contributed by atoms with Gasteiger partial charge in [-0.25, -0.2) is 12.7 Å². The summed E-state index contributed by atoms with van der Waals surface area (Å²) in [5, 5.41) is 0. The first-order chi connectivity index (χ1) is 13.8. The second-order valence-electron chi connectivity index (χ2n) is 7.01. The van der Waals surface area contributed by atoms with Gasteiger partial charge in [0.25, 0.3) is 5.91 Å². The Morgan fingerprint density at radius 3 is 2.48 bits per heavy atom. The summed E-state index contributed by atoms with van der Waals surface area (Å²) in [6.45, 7) is 2.66. The van der Waals surface area contributed by atoms with Crippen LogP contribution in [0, 0.1) is 0 Å². The fraction of sp³-hybridized carbons (Fsp3) is 0.381. The number of nitrogens with zero attached hydrogens (tertiary/aromatic N) is 2. The highest BCUT2D eigenvalue weighted by molar-refractivity contribution is 7.89. The number of amides is 1. The lowest BCUT2D eigenvalue weighted by Crippen LogP contribution is -2.37. The van der Waals surface area contributed by atoms with Crippen LogP contribution in [-0.2, 0) is 16.6 Å². The van der Waals surface area contributed by atoms with Gasteiger partial charge in [0.2, 0.25) is 10.0 Å². The SMILES string of the molecule is CCOc1cc(C(CS(=O)(=O)N(C)C)N2Cc3ccccc3C2=O)ccc1OC. The van der Waals surface area contributed by atoms with Gasteiger partial charge < -0.3 is 14.4 Å². The number of carbonyl (C=O) groups excluding carboxylic acids is 1. The van der Waals surface area contributed by atoms with Crippen LogP contribution in [0.3, 0.4) is 0 Å². The molecule has 1 unspecified atom stereocenters. The maximum atomic E-state index is 13.1. The molecule has 1 heterocycles. The molecule has 0 saturated heterocycles. The summed E-state index contributed by atoms with van der Waals surface area (Å²) in [6.07, 6.45) is 0. The minimum atomic E-state index is -3.57. The zero-order chi connectivity index (χ0) is 21.2. The molecule has 1 aliphatic heterocycles. The summed E-state index contributed by atoms with van der Waals surface area (Å²) >= 11 is 0. The number of fused-ring (bicyclic) bond motifs is 1. The number of carbonyl (C=O) groups is 1. The van der Waals surface area contributed by atoms with Crippen molar-refractivity contribution in [2.45, 2.75) is 19.5 Å². The highest BCUT2D eigenvalue weighted by atomic mass is 32.2. The fourth-order valence-corrected chi connectivity index (χ4v) is 4.48. The van der Waals surface area contributed by atoms with Crippen molar-refractivity contribution < 1.29 is 22.7 Å². The molecule has 0 saturated carbocycles. The van der Waals surface area contributed by atoms with Crippen molar-refractivity contribution in [1.29, 1.82) is 0 Å². The third kappa shape index (κ3) is 4.23. The summed E-state index contributed by atoms with van der Waals surface area (Å²) in [5.74, 6) is 0.676. The highest BCUT2D eigenvalue weighted by Gasteiger charge is 2.36. The van der Waals surface area contributed by atoms with E-state index in [2.05, 4.69) is 0 Å². The van der Waals surface area contributed by atoms with Gasteiger partial charge >= 0.3 is 0 Å². The molecule has 0 radical (unpaired) electrons. The van der Waals surface area contributed by atoms with Crippen LogP contribution >= 0.6 is 0 Å². The molecule has 1 amide bonds. The Morgan fingerprint density at radius 2 is 1.86 bits per heavy atom. The van der Waals surface area contributed by atoms with Crippen molar-refractivity contribution in [3.63, 3.8) is 0 Å². The van der Waals surface area contributed by atoms with Crippen LogP contribution in [0.2, 0.25) is 0 Å². The lowest BCUT2D eigenvalue weighted by molar-refractivity contribution is 0.0717.